The summed E-state index contributed by atoms with van der Waals surface area (Å²) in [6.45, 7) is 4.13. The minimum atomic E-state index is -0.288. The first-order valence-corrected chi connectivity index (χ1v) is 6.94. The number of benzene rings is 1. The number of hydrogen-bond donors (Lipinski definition) is 0. The van der Waals surface area contributed by atoms with Gasteiger partial charge in [0, 0.05) is 6.42 Å². The summed E-state index contributed by atoms with van der Waals surface area (Å²) in [4.78, 5) is 11.9. The van der Waals surface area contributed by atoms with E-state index >= 15 is 0 Å². The Morgan fingerprint density at radius 1 is 1.32 bits per heavy atom. The largest absolute Gasteiger partial charge is 0.458 e. The highest BCUT2D eigenvalue weighted by molar-refractivity contribution is 5.89. The molecule has 0 fully saturated rings. The fourth-order valence-corrected chi connectivity index (χ4v) is 1.81. The lowest BCUT2D eigenvalue weighted by Gasteiger charge is -2.13. The van der Waals surface area contributed by atoms with Crippen LogP contribution in [0.5, 0.6) is 0 Å². The van der Waals surface area contributed by atoms with Crippen molar-refractivity contribution in [3.8, 4) is 12.3 Å². The van der Waals surface area contributed by atoms with Gasteiger partial charge >= 0.3 is 5.97 Å². The van der Waals surface area contributed by atoms with Crippen molar-refractivity contribution < 1.29 is 9.53 Å². The minimum absolute atomic E-state index is 0.183. The molecule has 0 saturated heterocycles. The predicted molar refractivity (Wildman–Crippen MR) is 78.0 cm³/mol. The first-order chi connectivity index (χ1) is 9.21. The molecule has 0 aromatic heterocycles. The van der Waals surface area contributed by atoms with E-state index in [1.54, 1.807) is 0 Å². The number of hydrogen-bond acceptors (Lipinski definition) is 2. The van der Waals surface area contributed by atoms with Crippen molar-refractivity contribution in [1.29, 1.82) is 0 Å². The van der Waals surface area contributed by atoms with E-state index in [0.717, 1.165) is 12.8 Å². The summed E-state index contributed by atoms with van der Waals surface area (Å²) in [6, 6.07) is 7.65. The SMILES string of the molecule is C#CCC(CC)OC(=O)c1ccc(CCCC)cc1. The molecule has 0 saturated carbocycles. The second-order valence-corrected chi connectivity index (χ2v) is 4.64. The third-order valence-electron chi connectivity index (χ3n) is 3.08. The first kappa shape index (κ1) is 15.3. The van der Waals surface area contributed by atoms with Gasteiger partial charge in [-0.2, -0.15) is 0 Å². The Balaban J connectivity index is 2.59. The van der Waals surface area contributed by atoms with Crippen LogP contribution >= 0.6 is 0 Å². The van der Waals surface area contributed by atoms with Crippen LogP contribution in [0.2, 0.25) is 0 Å². The molecule has 1 aromatic carbocycles. The zero-order valence-corrected chi connectivity index (χ0v) is 11.8. The number of aryl methyl sites for hydroxylation is 1. The molecular weight excluding hydrogens is 236 g/mol. The van der Waals surface area contributed by atoms with Gasteiger partial charge in [0.15, 0.2) is 0 Å². The summed E-state index contributed by atoms with van der Waals surface area (Å²) >= 11 is 0. The zero-order chi connectivity index (χ0) is 14.1. The van der Waals surface area contributed by atoms with Crippen molar-refractivity contribution in [3.05, 3.63) is 35.4 Å². The molecule has 0 aliphatic heterocycles. The molecule has 1 rings (SSSR count). The number of carbonyl (C=O) groups excluding carboxylic acids is 1. The summed E-state index contributed by atoms with van der Waals surface area (Å²) in [7, 11) is 0. The number of carbonyl (C=O) groups is 1. The smallest absolute Gasteiger partial charge is 0.338 e. The molecule has 1 atom stereocenters. The molecule has 0 aliphatic rings. The topological polar surface area (TPSA) is 26.3 Å². The molecule has 0 spiro atoms. The molecule has 0 N–H and O–H groups in total. The van der Waals surface area contributed by atoms with Crippen molar-refractivity contribution in [2.45, 2.75) is 52.1 Å². The maximum atomic E-state index is 11.9. The van der Waals surface area contributed by atoms with Crippen molar-refractivity contribution >= 4 is 5.97 Å². The summed E-state index contributed by atoms with van der Waals surface area (Å²) < 4.78 is 5.37. The summed E-state index contributed by atoms with van der Waals surface area (Å²) in [5.74, 6) is 2.24. The van der Waals surface area contributed by atoms with Crippen LogP contribution in [-0.2, 0) is 11.2 Å². The fourth-order valence-electron chi connectivity index (χ4n) is 1.81. The van der Waals surface area contributed by atoms with Gasteiger partial charge in [0.2, 0.25) is 0 Å². The summed E-state index contributed by atoms with van der Waals surface area (Å²) in [5.41, 5.74) is 1.85. The summed E-state index contributed by atoms with van der Waals surface area (Å²) in [6.07, 6.45) is 9.67. The molecule has 0 aliphatic carbocycles. The number of esters is 1. The maximum Gasteiger partial charge on any atom is 0.338 e. The molecule has 102 valence electrons. The van der Waals surface area contributed by atoms with E-state index in [4.69, 9.17) is 11.2 Å². The number of rotatable bonds is 7. The van der Waals surface area contributed by atoms with Crippen LogP contribution in [0.3, 0.4) is 0 Å². The lowest BCUT2D eigenvalue weighted by atomic mass is 10.1. The predicted octanol–water partition coefficient (Wildman–Crippen LogP) is 3.99. The van der Waals surface area contributed by atoms with Crippen molar-refractivity contribution in [2.24, 2.45) is 0 Å². The Bertz CT molecular complexity index is 426. The molecule has 0 bridgehead atoms. The third-order valence-corrected chi connectivity index (χ3v) is 3.08. The highest BCUT2D eigenvalue weighted by Crippen LogP contribution is 2.11. The highest BCUT2D eigenvalue weighted by atomic mass is 16.5. The van der Waals surface area contributed by atoms with Crippen LogP contribution in [0.4, 0.5) is 0 Å². The van der Waals surface area contributed by atoms with Crippen LogP contribution in [0.25, 0.3) is 0 Å². The van der Waals surface area contributed by atoms with E-state index in [1.807, 2.05) is 31.2 Å². The Morgan fingerprint density at radius 3 is 2.53 bits per heavy atom. The van der Waals surface area contributed by atoms with Gasteiger partial charge in [-0.15, -0.1) is 12.3 Å². The van der Waals surface area contributed by atoms with Gasteiger partial charge < -0.3 is 4.74 Å². The lowest BCUT2D eigenvalue weighted by molar-refractivity contribution is 0.0304. The van der Waals surface area contributed by atoms with Crippen molar-refractivity contribution in [2.75, 3.05) is 0 Å². The van der Waals surface area contributed by atoms with Crippen LogP contribution in [0.1, 0.15) is 55.5 Å². The van der Waals surface area contributed by atoms with Gasteiger partial charge in [-0.25, -0.2) is 4.79 Å². The van der Waals surface area contributed by atoms with Gasteiger partial charge in [-0.3, -0.25) is 0 Å². The third kappa shape index (κ3) is 5.18. The number of terminal acetylenes is 1. The molecule has 2 heteroatoms. The Hall–Kier alpha value is -1.75. The Labute approximate surface area is 116 Å². The molecule has 19 heavy (non-hydrogen) atoms. The van der Waals surface area contributed by atoms with Crippen LogP contribution in [0.15, 0.2) is 24.3 Å². The van der Waals surface area contributed by atoms with E-state index in [-0.39, 0.29) is 12.1 Å². The van der Waals surface area contributed by atoms with Gasteiger partial charge in [0.25, 0.3) is 0 Å². The average Bonchev–Trinajstić information content (AvgIpc) is 2.45. The molecule has 2 nitrogen and oxygen atoms in total. The van der Waals surface area contributed by atoms with Gasteiger partial charge in [-0.1, -0.05) is 32.4 Å². The van der Waals surface area contributed by atoms with Crippen molar-refractivity contribution in [1.82, 2.24) is 0 Å². The molecule has 0 radical (unpaired) electrons. The quantitative estimate of drug-likeness (QED) is 0.546. The number of unbranched alkanes of at least 4 members (excludes halogenated alkanes) is 1. The average molecular weight is 258 g/mol. The van der Waals surface area contributed by atoms with Gasteiger partial charge in [0.05, 0.1) is 5.56 Å². The second-order valence-electron chi connectivity index (χ2n) is 4.64. The van der Waals surface area contributed by atoms with Crippen LogP contribution in [-0.4, -0.2) is 12.1 Å². The maximum absolute atomic E-state index is 11.9. The van der Waals surface area contributed by atoms with E-state index in [0.29, 0.717) is 12.0 Å². The van der Waals surface area contributed by atoms with Crippen molar-refractivity contribution in [3.63, 3.8) is 0 Å². The monoisotopic (exact) mass is 258 g/mol. The van der Waals surface area contributed by atoms with E-state index in [1.165, 1.54) is 18.4 Å². The number of ether oxygens (including phenoxy) is 1. The van der Waals surface area contributed by atoms with E-state index in [9.17, 15) is 4.79 Å². The van der Waals surface area contributed by atoms with Crippen LogP contribution < -0.4 is 0 Å². The molecular formula is C17H22O2. The van der Waals surface area contributed by atoms with Gasteiger partial charge in [0.1, 0.15) is 6.10 Å². The molecule has 1 aromatic rings. The Morgan fingerprint density at radius 2 is 2.00 bits per heavy atom. The standard InChI is InChI=1S/C17H22O2/c1-4-7-9-14-10-12-15(13-11-14)17(18)19-16(6-3)8-5-2/h2,10-13,16H,4,6-9H2,1,3H3. The second kappa shape index (κ2) is 8.37. The molecule has 1 unspecified atom stereocenters. The highest BCUT2D eigenvalue weighted by Gasteiger charge is 2.13. The Kier molecular flexibility index (Phi) is 6.74. The fraction of sp³-hybridized carbons (Fsp3) is 0.471. The first-order valence-electron chi connectivity index (χ1n) is 6.94. The molecule has 0 amide bonds. The zero-order valence-electron chi connectivity index (χ0n) is 11.8. The minimum Gasteiger partial charge on any atom is -0.458 e. The lowest BCUT2D eigenvalue weighted by Crippen LogP contribution is -2.17. The van der Waals surface area contributed by atoms with Gasteiger partial charge in [-0.05, 0) is 37.0 Å². The normalized spacial score (nSPS) is 11.6. The van der Waals surface area contributed by atoms with E-state index in [2.05, 4.69) is 12.8 Å². The van der Waals surface area contributed by atoms with Crippen LogP contribution in [0, 0.1) is 12.3 Å². The summed E-state index contributed by atoms with van der Waals surface area (Å²) in [5, 5.41) is 0. The van der Waals surface area contributed by atoms with E-state index < -0.39 is 0 Å². The molecule has 0 heterocycles.